The summed E-state index contributed by atoms with van der Waals surface area (Å²) >= 11 is 8.13. The second-order valence-electron chi connectivity index (χ2n) is 3.85. The molecule has 18 heavy (non-hydrogen) atoms. The van der Waals surface area contributed by atoms with E-state index in [2.05, 4.69) is 22.6 Å². The Hall–Kier alpha value is -0.940. The number of carbonyl (C=O) groups excluding carboxylic acids is 1. The van der Waals surface area contributed by atoms with Crippen molar-refractivity contribution in [3.05, 3.63) is 68.0 Å². The van der Waals surface area contributed by atoms with E-state index in [1.165, 1.54) is 12.1 Å². The average Bonchev–Trinajstić information content (AvgIpc) is 2.35. The highest BCUT2D eigenvalue weighted by Gasteiger charge is 2.11. The van der Waals surface area contributed by atoms with Crippen molar-refractivity contribution in [3.63, 3.8) is 0 Å². The van der Waals surface area contributed by atoms with Crippen molar-refractivity contribution in [1.82, 2.24) is 0 Å². The Morgan fingerprint density at radius 2 is 1.83 bits per heavy atom. The van der Waals surface area contributed by atoms with Crippen LogP contribution in [0.15, 0.2) is 42.5 Å². The molecule has 1 nitrogen and oxygen atoms in total. The van der Waals surface area contributed by atoms with Crippen LogP contribution in [-0.2, 0) is 6.42 Å². The summed E-state index contributed by atoms with van der Waals surface area (Å²) in [6, 6.07) is 11.2. The Labute approximate surface area is 123 Å². The molecule has 0 aliphatic rings. The van der Waals surface area contributed by atoms with Crippen molar-refractivity contribution in [3.8, 4) is 0 Å². The molecule has 0 spiro atoms. The minimum atomic E-state index is -0.307. The van der Waals surface area contributed by atoms with Crippen LogP contribution >= 0.6 is 34.2 Å². The summed E-state index contributed by atoms with van der Waals surface area (Å²) in [7, 11) is 0. The van der Waals surface area contributed by atoms with E-state index in [9.17, 15) is 9.18 Å². The lowest BCUT2D eigenvalue weighted by atomic mass is 10.0. The van der Waals surface area contributed by atoms with Crippen LogP contribution in [-0.4, -0.2) is 5.78 Å². The molecule has 0 radical (unpaired) electrons. The van der Waals surface area contributed by atoms with Gasteiger partial charge in [0.25, 0.3) is 0 Å². The first-order valence-corrected chi connectivity index (χ1v) is 6.74. The highest BCUT2D eigenvalue weighted by Crippen LogP contribution is 2.20. The molecule has 0 N–H and O–H groups in total. The first kappa shape index (κ1) is 13.5. The lowest BCUT2D eigenvalue weighted by Gasteiger charge is -2.04. The van der Waals surface area contributed by atoms with Crippen LogP contribution in [0.25, 0.3) is 0 Å². The molecule has 0 fully saturated rings. The molecule has 2 aromatic rings. The first-order valence-electron chi connectivity index (χ1n) is 5.29. The maximum Gasteiger partial charge on any atom is 0.168 e. The minimum absolute atomic E-state index is 0.0647. The predicted octanol–water partition coefficient (Wildman–Crippen LogP) is 4.51. The Morgan fingerprint density at radius 3 is 2.50 bits per heavy atom. The SMILES string of the molecule is O=C(Cc1ccc(F)cc1)c1cc(I)ccc1Cl. The van der Waals surface area contributed by atoms with Gasteiger partial charge < -0.3 is 0 Å². The van der Waals surface area contributed by atoms with Gasteiger partial charge in [-0.3, -0.25) is 4.79 Å². The van der Waals surface area contributed by atoms with E-state index in [4.69, 9.17) is 11.6 Å². The lowest BCUT2D eigenvalue weighted by molar-refractivity contribution is 0.0993. The Morgan fingerprint density at radius 1 is 1.17 bits per heavy atom. The first-order chi connectivity index (χ1) is 8.56. The van der Waals surface area contributed by atoms with E-state index in [0.29, 0.717) is 10.6 Å². The van der Waals surface area contributed by atoms with Gasteiger partial charge in [-0.2, -0.15) is 0 Å². The van der Waals surface area contributed by atoms with Crippen LogP contribution < -0.4 is 0 Å². The van der Waals surface area contributed by atoms with Crippen molar-refractivity contribution >= 4 is 40.0 Å². The quantitative estimate of drug-likeness (QED) is 0.571. The maximum absolute atomic E-state index is 12.8. The van der Waals surface area contributed by atoms with Gasteiger partial charge in [0, 0.05) is 15.6 Å². The summed E-state index contributed by atoms with van der Waals surface area (Å²) in [5.41, 5.74) is 1.28. The van der Waals surface area contributed by atoms with Gasteiger partial charge in [0.2, 0.25) is 0 Å². The van der Waals surface area contributed by atoms with Gasteiger partial charge in [-0.05, 0) is 58.5 Å². The fraction of sp³-hybridized carbons (Fsp3) is 0.0714. The largest absolute Gasteiger partial charge is 0.294 e. The zero-order valence-electron chi connectivity index (χ0n) is 9.29. The third kappa shape index (κ3) is 3.29. The molecule has 0 heterocycles. The van der Waals surface area contributed by atoms with Crippen molar-refractivity contribution in [1.29, 1.82) is 0 Å². The van der Waals surface area contributed by atoms with Crippen molar-refractivity contribution in [2.24, 2.45) is 0 Å². The average molecular weight is 375 g/mol. The fourth-order valence-corrected chi connectivity index (χ4v) is 2.31. The molecule has 0 bridgehead atoms. The number of halogens is 3. The molecule has 4 heteroatoms. The van der Waals surface area contributed by atoms with Gasteiger partial charge in [0.1, 0.15) is 5.82 Å². The van der Waals surface area contributed by atoms with E-state index in [1.807, 2.05) is 6.07 Å². The molecule has 2 aromatic carbocycles. The number of carbonyl (C=O) groups is 1. The van der Waals surface area contributed by atoms with Gasteiger partial charge in [-0.1, -0.05) is 23.7 Å². The zero-order chi connectivity index (χ0) is 13.1. The van der Waals surface area contributed by atoms with E-state index in [-0.39, 0.29) is 18.0 Å². The van der Waals surface area contributed by atoms with E-state index < -0.39 is 0 Å². The molecule has 0 aliphatic heterocycles. The van der Waals surface area contributed by atoms with Gasteiger partial charge in [0.05, 0.1) is 5.02 Å². The Kier molecular flexibility index (Phi) is 4.35. The number of benzene rings is 2. The highest BCUT2D eigenvalue weighted by atomic mass is 127. The van der Waals surface area contributed by atoms with Gasteiger partial charge in [0.15, 0.2) is 5.78 Å². The zero-order valence-corrected chi connectivity index (χ0v) is 12.2. The van der Waals surface area contributed by atoms with Crippen molar-refractivity contribution < 1.29 is 9.18 Å². The number of ketones is 1. The van der Waals surface area contributed by atoms with Gasteiger partial charge >= 0.3 is 0 Å². The van der Waals surface area contributed by atoms with Crippen molar-refractivity contribution in [2.45, 2.75) is 6.42 Å². The molecular weight excluding hydrogens is 366 g/mol. The molecule has 0 unspecified atom stereocenters. The smallest absolute Gasteiger partial charge is 0.168 e. The number of hydrogen-bond donors (Lipinski definition) is 0. The van der Waals surface area contributed by atoms with Crippen LogP contribution in [0.4, 0.5) is 4.39 Å². The molecule has 0 aliphatic carbocycles. The van der Waals surface area contributed by atoms with Gasteiger partial charge in [-0.15, -0.1) is 0 Å². The van der Waals surface area contributed by atoms with Gasteiger partial charge in [-0.25, -0.2) is 4.39 Å². The predicted molar refractivity (Wildman–Crippen MR) is 78.6 cm³/mol. The summed E-state index contributed by atoms with van der Waals surface area (Å²) < 4.78 is 13.7. The maximum atomic E-state index is 12.8. The van der Waals surface area contributed by atoms with Crippen molar-refractivity contribution in [2.75, 3.05) is 0 Å². The molecule has 2 rings (SSSR count). The Balaban J connectivity index is 2.21. The summed E-state index contributed by atoms with van der Waals surface area (Å²) in [6.07, 6.45) is 0.222. The highest BCUT2D eigenvalue weighted by molar-refractivity contribution is 14.1. The monoisotopic (exact) mass is 374 g/mol. The van der Waals surface area contributed by atoms with Crippen LogP contribution in [0, 0.1) is 9.39 Å². The normalized spacial score (nSPS) is 10.4. The third-order valence-electron chi connectivity index (χ3n) is 2.51. The Bertz CT molecular complexity index is 581. The summed E-state index contributed by atoms with van der Waals surface area (Å²) in [5.74, 6) is -0.372. The molecule has 0 aromatic heterocycles. The van der Waals surface area contributed by atoms with Crippen LogP contribution in [0.2, 0.25) is 5.02 Å². The fourth-order valence-electron chi connectivity index (χ4n) is 1.59. The number of Topliss-reactive ketones (excluding diaryl/α,β-unsaturated/α-hetero) is 1. The van der Waals surface area contributed by atoms with E-state index >= 15 is 0 Å². The molecule has 0 saturated carbocycles. The third-order valence-corrected chi connectivity index (χ3v) is 3.51. The molecule has 0 atom stereocenters. The summed E-state index contributed by atoms with van der Waals surface area (Å²) in [6.45, 7) is 0. The summed E-state index contributed by atoms with van der Waals surface area (Å²) in [4.78, 5) is 12.1. The second-order valence-corrected chi connectivity index (χ2v) is 5.50. The second kappa shape index (κ2) is 5.80. The topological polar surface area (TPSA) is 17.1 Å². The number of rotatable bonds is 3. The molecular formula is C14H9ClFIO. The summed E-state index contributed by atoms with van der Waals surface area (Å²) in [5, 5.41) is 0.447. The lowest BCUT2D eigenvalue weighted by Crippen LogP contribution is -2.04. The van der Waals surface area contributed by atoms with E-state index in [1.54, 1.807) is 24.3 Å². The van der Waals surface area contributed by atoms with E-state index in [0.717, 1.165) is 9.13 Å². The number of hydrogen-bond acceptors (Lipinski definition) is 1. The molecule has 0 amide bonds. The standard InChI is InChI=1S/C14H9ClFIO/c15-13-6-5-11(17)8-12(13)14(18)7-9-1-3-10(16)4-2-9/h1-6,8H,7H2. The molecule has 0 saturated heterocycles. The van der Waals surface area contributed by atoms with Crippen LogP contribution in [0.3, 0.4) is 0 Å². The minimum Gasteiger partial charge on any atom is -0.294 e. The van der Waals surface area contributed by atoms with Crippen LogP contribution in [0.1, 0.15) is 15.9 Å². The molecule has 92 valence electrons. The van der Waals surface area contributed by atoms with Crippen LogP contribution in [0.5, 0.6) is 0 Å².